The van der Waals surface area contributed by atoms with Gasteiger partial charge >= 0.3 is 6.85 Å². The minimum Gasteiger partial charge on any atom is -0.447 e. The number of aromatic nitrogens is 2. The quantitative estimate of drug-likeness (QED) is 0.398. The highest BCUT2D eigenvalue weighted by molar-refractivity contribution is 6.76. The van der Waals surface area contributed by atoms with Crippen LogP contribution in [0.2, 0.25) is 6.82 Å². The minimum atomic E-state index is 0.0757. The highest BCUT2D eigenvalue weighted by Crippen LogP contribution is 2.28. The predicted octanol–water partition coefficient (Wildman–Crippen LogP) is 3.95. The van der Waals surface area contributed by atoms with Gasteiger partial charge in [0.25, 0.3) is 5.82 Å². The summed E-state index contributed by atoms with van der Waals surface area (Å²) in [6.07, 6.45) is 6.39. The van der Waals surface area contributed by atoms with Crippen LogP contribution in [0.15, 0.2) is 71.4 Å². The Bertz CT molecular complexity index is 1210. The highest BCUT2D eigenvalue weighted by atomic mass is 16.3. The molecule has 0 unspecified atom stereocenters. The van der Waals surface area contributed by atoms with E-state index >= 15 is 0 Å². The summed E-state index contributed by atoms with van der Waals surface area (Å²) >= 11 is 0. The molecule has 136 valence electrons. The number of hydrogen-bond donors (Lipinski definition) is 0. The van der Waals surface area contributed by atoms with Gasteiger partial charge in [-0.3, -0.25) is 4.81 Å². The van der Waals surface area contributed by atoms with Crippen molar-refractivity contribution >= 4 is 35.5 Å². The molecule has 0 amide bonds. The van der Waals surface area contributed by atoms with E-state index in [-0.39, 0.29) is 6.85 Å². The number of pyridine rings is 2. The van der Waals surface area contributed by atoms with Gasteiger partial charge in [0.1, 0.15) is 5.66 Å². The first-order valence-electron chi connectivity index (χ1n) is 9.53. The number of aryl methyl sites for hydroxylation is 2. The monoisotopic (exact) mass is 366 g/mol. The molecule has 0 saturated carbocycles. The normalized spacial score (nSPS) is 13.2. The molecule has 1 aliphatic rings. The fourth-order valence-electron chi connectivity index (χ4n) is 3.90. The van der Waals surface area contributed by atoms with Crippen molar-refractivity contribution in [2.24, 2.45) is 7.05 Å². The summed E-state index contributed by atoms with van der Waals surface area (Å²) in [4.78, 5) is 6.81. The Morgan fingerprint density at radius 1 is 1.04 bits per heavy atom. The smallest absolute Gasteiger partial charge is 0.447 e. The highest BCUT2D eigenvalue weighted by Gasteiger charge is 2.38. The van der Waals surface area contributed by atoms with E-state index in [2.05, 4.69) is 89.2 Å². The Labute approximate surface area is 164 Å². The van der Waals surface area contributed by atoms with Crippen molar-refractivity contribution in [1.29, 1.82) is 0 Å². The van der Waals surface area contributed by atoms with Crippen molar-refractivity contribution in [3.63, 3.8) is 0 Å². The van der Waals surface area contributed by atoms with Gasteiger partial charge in [0, 0.05) is 22.7 Å². The lowest BCUT2D eigenvalue weighted by Gasteiger charge is -2.22. The van der Waals surface area contributed by atoms with Gasteiger partial charge in [-0.25, -0.2) is 9.55 Å². The molecule has 5 rings (SSSR count). The fraction of sp³-hybridized carbons (Fsp3) is 0.130. The van der Waals surface area contributed by atoms with Crippen LogP contribution in [0.1, 0.15) is 11.3 Å². The third-order valence-corrected chi connectivity index (χ3v) is 5.46. The maximum Gasteiger partial charge on any atom is 0.447 e. The van der Waals surface area contributed by atoms with E-state index in [1.165, 1.54) is 11.1 Å². The second-order valence-corrected chi connectivity index (χ2v) is 7.33. The van der Waals surface area contributed by atoms with E-state index in [1.54, 1.807) is 0 Å². The van der Waals surface area contributed by atoms with Gasteiger partial charge in [-0.1, -0.05) is 30.3 Å². The maximum atomic E-state index is 6.18. The maximum absolute atomic E-state index is 6.18. The summed E-state index contributed by atoms with van der Waals surface area (Å²) in [7, 11) is 2.07. The summed E-state index contributed by atoms with van der Waals surface area (Å²) < 4.78 is 8.32. The molecule has 1 aromatic carbocycles. The zero-order valence-corrected chi connectivity index (χ0v) is 16.3. The number of fused-ring (bicyclic) bond motifs is 3. The summed E-state index contributed by atoms with van der Waals surface area (Å²) in [6, 6.07) is 19.0. The average Bonchev–Trinajstić information content (AvgIpc) is 3.08. The molecule has 4 heterocycles. The van der Waals surface area contributed by atoms with Crippen LogP contribution >= 0.6 is 0 Å². The van der Waals surface area contributed by atoms with Gasteiger partial charge in [-0.2, -0.15) is 0 Å². The largest absolute Gasteiger partial charge is 0.447 e. The molecule has 3 aromatic heterocycles. The van der Waals surface area contributed by atoms with Gasteiger partial charge in [0.2, 0.25) is 5.71 Å². The first kappa shape index (κ1) is 16.8. The Hall–Kier alpha value is -3.34. The van der Waals surface area contributed by atoms with Crippen LogP contribution in [-0.4, -0.2) is 11.8 Å². The molecule has 0 saturated heterocycles. The van der Waals surface area contributed by atoms with Crippen LogP contribution in [0, 0.1) is 6.92 Å². The first-order chi connectivity index (χ1) is 13.6. The van der Waals surface area contributed by atoms with Gasteiger partial charge in [0.15, 0.2) is 0 Å². The molecule has 28 heavy (non-hydrogen) atoms. The van der Waals surface area contributed by atoms with Crippen LogP contribution < -0.4 is 15.0 Å². The molecule has 1 aliphatic heterocycles. The number of hydrogen-bond acceptors (Lipinski definition) is 3. The van der Waals surface area contributed by atoms with E-state index in [1.807, 2.05) is 19.1 Å². The first-order valence-corrected chi connectivity index (χ1v) is 9.53. The van der Waals surface area contributed by atoms with Gasteiger partial charge in [-0.05, 0) is 49.1 Å². The third kappa shape index (κ3) is 2.62. The Kier molecular flexibility index (Phi) is 3.83. The molecule has 5 heteroatoms. The molecule has 4 nitrogen and oxygen atoms in total. The molecule has 0 N–H and O–H groups in total. The topological polar surface area (TPSA) is 33.2 Å². The van der Waals surface area contributed by atoms with E-state index in [4.69, 9.17) is 4.42 Å². The number of furan rings is 1. The van der Waals surface area contributed by atoms with Gasteiger partial charge in [0.05, 0.1) is 19.4 Å². The summed E-state index contributed by atoms with van der Waals surface area (Å²) in [6.45, 7) is 4.24. The zero-order chi connectivity index (χ0) is 19.3. The lowest BCUT2D eigenvalue weighted by molar-refractivity contribution is -0.658. The zero-order valence-electron chi connectivity index (χ0n) is 16.3. The molecule has 0 spiro atoms. The molecular weight excluding hydrogens is 345 g/mol. The molecular formula is C23H21BN3O+. The van der Waals surface area contributed by atoms with Crippen LogP contribution in [0.3, 0.4) is 0 Å². The SMILES string of the molecule is CB1c2oc3nc(C)ccc3c2C=CN1c1cc(-c2ccccc2)cc[n+]1C. The van der Waals surface area contributed by atoms with E-state index in [0.29, 0.717) is 5.71 Å². The van der Waals surface area contributed by atoms with Crippen LogP contribution in [0.5, 0.6) is 0 Å². The molecule has 0 radical (unpaired) electrons. The summed E-state index contributed by atoms with van der Waals surface area (Å²) in [5, 5.41) is 1.07. The van der Waals surface area contributed by atoms with Crippen molar-refractivity contribution in [3.8, 4) is 11.1 Å². The fourth-order valence-corrected chi connectivity index (χ4v) is 3.90. The van der Waals surface area contributed by atoms with Crippen molar-refractivity contribution in [2.45, 2.75) is 13.7 Å². The summed E-state index contributed by atoms with van der Waals surface area (Å²) in [5.74, 6) is 1.11. The van der Waals surface area contributed by atoms with E-state index in [0.717, 1.165) is 28.1 Å². The van der Waals surface area contributed by atoms with E-state index in [9.17, 15) is 0 Å². The second-order valence-electron chi connectivity index (χ2n) is 7.33. The van der Waals surface area contributed by atoms with Crippen LogP contribution in [0.25, 0.3) is 28.3 Å². The summed E-state index contributed by atoms with van der Waals surface area (Å²) in [5.41, 5.74) is 6.18. The molecule has 0 fully saturated rings. The Morgan fingerprint density at radius 3 is 2.68 bits per heavy atom. The lowest BCUT2D eigenvalue weighted by Crippen LogP contribution is -2.50. The number of anilines is 1. The van der Waals surface area contributed by atoms with Crippen LogP contribution in [0.4, 0.5) is 5.82 Å². The Morgan fingerprint density at radius 2 is 1.86 bits per heavy atom. The Balaban J connectivity index is 1.59. The minimum absolute atomic E-state index is 0.0757. The average molecular weight is 366 g/mol. The van der Waals surface area contributed by atoms with Gasteiger partial charge in [-0.15, -0.1) is 0 Å². The molecule has 0 aliphatic carbocycles. The molecule has 0 atom stereocenters. The third-order valence-electron chi connectivity index (χ3n) is 5.46. The predicted molar refractivity (Wildman–Crippen MR) is 115 cm³/mol. The lowest BCUT2D eigenvalue weighted by atomic mass is 9.58. The second kappa shape index (κ2) is 6.38. The van der Waals surface area contributed by atoms with E-state index < -0.39 is 0 Å². The van der Waals surface area contributed by atoms with Crippen molar-refractivity contribution in [3.05, 3.63) is 78.3 Å². The molecule has 0 bridgehead atoms. The number of benzene rings is 1. The van der Waals surface area contributed by atoms with Crippen molar-refractivity contribution < 1.29 is 8.98 Å². The number of nitrogens with zero attached hydrogens (tertiary/aromatic N) is 3. The van der Waals surface area contributed by atoms with Gasteiger partial charge < -0.3 is 4.42 Å². The van der Waals surface area contributed by atoms with Crippen LogP contribution in [-0.2, 0) is 7.05 Å². The standard InChI is InChI=1S/C23H21BN3O/c1-16-9-10-20-19-12-14-27(24(2)22(19)28-23(20)25-16)21-15-18(11-13-26(21)3)17-7-5-4-6-8-17/h4-15H,1-3H3/q+1. The van der Waals surface area contributed by atoms with Crippen molar-refractivity contribution in [1.82, 2.24) is 4.98 Å². The molecule has 4 aromatic rings. The number of rotatable bonds is 2. The van der Waals surface area contributed by atoms with Crippen molar-refractivity contribution in [2.75, 3.05) is 4.81 Å².